The Hall–Kier alpha value is -1.84. The highest BCUT2D eigenvalue weighted by Gasteiger charge is 2.24. The van der Waals surface area contributed by atoms with Crippen LogP contribution in [0, 0.1) is 27.7 Å². The smallest absolute Gasteiger partial charge is 0.254 e. The highest BCUT2D eigenvalue weighted by Crippen LogP contribution is 2.27. The van der Waals surface area contributed by atoms with Crippen LogP contribution in [0.4, 0.5) is 0 Å². The van der Waals surface area contributed by atoms with Crippen LogP contribution in [0.15, 0.2) is 0 Å². The van der Waals surface area contributed by atoms with Gasteiger partial charge in [-0.05, 0) is 49.9 Å². The second-order valence-electron chi connectivity index (χ2n) is 4.81. The van der Waals surface area contributed by atoms with E-state index in [4.69, 9.17) is 5.73 Å². The zero-order chi connectivity index (χ0) is 14.2. The Morgan fingerprint density at radius 2 is 1.22 bits per heavy atom. The largest absolute Gasteiger partial charge is 0.366 e. The van der Waals surface area contributed by atoms with Gasteiger partial charge in [0.15, 0.2) is 0 Å². The van der Waals surface area contributed by atoms with Gasteiger partial charge in [0.2, 0.25) is 5.91 Å². The van der Waals surface area contributed by atoms with Gasteiger partial charge in [-0.15, -0.1) is 0 Å². The highest BCUT2D eigenvalue weighted by atomic mass is 16.2. The van der Waals surface area contributed by atoms with Gasteiger partial charge in [-0.2, -0.15) is 0 Å². The highest BCUT2D eigenvalue weighted by molar-refractivity contribution is 6.09. The Morgan fingerprint density at radius 3 is 1.56 bits per heavy atom. The number of nitrogens with zero attached hydrogens (tertiary/aromatic N) is 1. The lowest BCUT2D eigenvalue weighted by molar-refractivity contribution is 0.0819. The standard InChI is InChI=1S/C14H20N2O2/c1-7-8(2)10(4)12(14(18)16(5)6)11(9(7)3)13(15)17/h1-6H3,(H2,15,17). The number of rotatable bonds is 2. The van der Waals surface area contributed by atoms with Crippen LogP contribution in [0.25, 0.3) is 0 Å². The maximum atomic E-state index is 12.2. The van der Waals surface area contributed by atoms with Crippen LogP contribution in [0.3, 0.4) is 0 Å². The summed E-state index contributed by atoms with van der Waals surface area (Å²) in [4.78, 5) is 25.3. The lowest BCUT2D eigenvalue weighted by Gasteiger charge is -2.20. The van der Waals surface area contributed by atoms with E-state index in [2.05, 4.69) is 0 Å². The maximum Gasteiger partial charge on any atom is 0.254 e. The number of hydrogen-bond acceptors (Lipinski definition) is 2. The van der Waals surface area contributed by atoms with Crippen molar-refractivity contribution in [1.82, 2.24) is 4.90 Å². The van der Waals surface area contributed by atoms with Crippen LogP contribution in [0.5, 0.6) is 0 Å². The number of carbonyl (C=O) groups excluding carboxylic acids is 2. The molecule has 0 aliphatic heterocycles. The van der Waals surface area contributed by atoms with Gasteiger partial charge in [0, 0.05) is 14.1 Å². The molecule has 0 atom stereocenters. The third-order valence-corrected chi connectivity index (χ3v) is 3.55. The van der Waals surface area contributed by atoms with Gasteiger partial charge in [0.25, 0.3) is 5.91 Å². The number of nitrogens with two attached hydrogens (primary N) is 1. The molecule has 18 heavy (non-hydrogen) atoms. The molecule has 0 radical (unpaired) electrons. The van der Waals surface area contributed by atoms with Crippen molar-refractivity contribution in [2.45, 2.75) is 27.7 Å². The summed E-state index contributed by atoms with van der Waals surface area (Å²) in [5.74, 6) is -0.739. The molecule has 1 aromatic carbocycles. The fourth-order valence-corrected chi connectivity index (χ4v) is 2.11. The van der Waals surface area contributed by atoms with Gasteiger partial charge >= 0.3 is 0 Å². The molecule has 0 aliphatic rings. The van der Waals surface area contributed by atoms with E-state index < -0.39 is 5.91 Å². The summed E-state index contributed by atoms with van der Waals surface area (Å²) < 4.78 is 0. The van der Waals surface area contributed by atoms with Crippen molar-refractivity contribution in [3.63, 3.8) is 0 Å². The summed E-state index contributed by atoms with van der Waals surface area (Å²) in [5, 5.41) is 0. The van der Waals surface area contributed by atoms with Crippen LogP contribution in [-0.4, -0.2) is 30.8 Å². The Kier molecular flexibility index (Phi) is 3.79. The first kappa shape index (κ1) is 14.2. The van der Waals surface area contributed by atoms with Gasteiger partial charge in [-0.1, -0.05) is 0 Å². The molecule has 0 fully saturated rings. The van der Waals surface area contributed by atoms with Crippen LogP contribution < -0.4 is 5.73 Å². The number of primary amides is 1. The fourth-order valence-electron chi connectivity index (χ4n) is 2.11. The van der Waals surface area contributed by atoms with E-state index in [9.17, 15) is 9.59 Å². The van der Waals surface area contributed by atoms with Crippen molar-refractivity contribution < 1.29 is 9.59 Å². The van der Waals surface area contributed by atoms with Crippen molar-refractivity contribution in [3.05, 3.63) is 33.4 Å². The van der Waals surface area contributed by atoms with Gasteiger partial charge in [-0.3, -0.25) is 9.59 Å². The molecule has 1 aromatic rings. The SMILES string of the molecule is Cc1c(C)c(C)c(C(=O)N(C)C)c(C(N)=O)c1C. The molecule has 4 nitrogen and oxygen atoms in total. The van der Waals surface area contributed by atoms with Gasteiger partial charge in [-0.25, -0.2) is 0 Å². The first-order chi connectivity index (χ1) is 8.20. The Balaban J connectivity index is 3.78. The Morgan fingerprint density at radius 1 is 0.833 bits per heavy atom. The van der Waals surface area contributed by atoms with E-state index >= 15 is 0 Å². The van der Waals surface area contributed by atoms with Crippen molar-refractivity contribution in [2.24, 2.45) is 5.73 Å². The Bertz CT molecular complexity index is 531. The average Bonchev–Trinajstić information content (AvgIpc) is 2.29. The third kappa shape index (κ3) is 2.10. The summed E-state index contributed by atoms with van der Waals surface area (Å²) >= 11 is 0. The minimum Gasteiger partial charge on any atom is -0.366 e. The number of carbonyl (C=O) groups is 2. The van der Waals surface area contributed by atoms with E-state index in [0.717, 1.165) is 22.3 Å². The summed E-state index contributed by atoms with van der Waals surface area (Å²) in [7, 11) is 3.33. The normalized spacial score (nSPS) is 10.3. The van der Waals surface area contributed by atoms with E-state index in [1.54, 1.807) is 14.1 Å². The van der Waals surface area contributed by atoms with Crippen molar-refractivity contribution in [1.29, 1.82) is 0 Å². The summed E-state index contributed by atoms with van der Waals surface area (Å²) in [6.45, 7) is 7.57. The Labute approximate surface area is 108 Å². The van der Waals surface area contributed by atoms with Crippen LogP contribution in [0.2, 0.25) is 0 Å². The van der Waals surface area contributed by atoms with Gasteiger partial charge < -0.3 is 10.6 Å². The predicted molar refractivity (Wildman–Crippen MR) is 71.9 cm³/mol. The zero-order valence-corrected chi connectivity index (χ0v) is 11.8. The third-order valence-electron chi connectivity index (χ3n) is 3.55. The average molecular weight is 248 g/mol. The summed E-state index contributed by atoms with van der Waals surface area (Å²) in [6, 6.07) is 0. The molecule has 0 saturated carbocycles. The molecule has 0 saturated heterocycles. The summed E-state index contributed by atoms with van der Waals surface area (Å²) in [5.41, 5.74) is 9.85. The molecule has 98 valence electrons. The van der Waals surface area contributed by atoms with Gasteiger partial charge in [0.05, 0.1) is 11.1 Å². The number of benzene rings is 1. The maximum absolute atomic E-state index is 12.2. The van der Waals surface area contributed by atoms with Crippen molar-refractivity contribution >= 4 is 11.8 Å². The minimum absolute atomic E-state index is 0.187. The second-order valence-corrected chi connectivity index (χ2v) is 4.81. The number of hydrogen-bond donors (Lipinski definition) is 1. The fraction of sp³-hybridized carbons (Fsp3) is 0.429. The summed E-state index contributed by atoms with van der Waals surface area (Å²) in [6.07, 6.45) is 0. The monoisotopic (exact) mass is 248 g/mol. The first-order valence-electron chi connectivity index (χ1n) is 5.81. The molecule has 0 aliphatic carbocycles. The predicted octanol–water partition coefficient (Wildman–Crippen LogP) is 1.72. The van der Waals surface area contributed by atoms with E-state index in [0.29, 0.717) is 11.1 Å². The molecule has 0 spiro atoms. The van der Waals surface area contributed by atoms with Crippen molar-refractivity contribution in [3.8, 4) is 0 Å². The molecule has 2 amide bonds. The molecule has 0 heterocycles. The molecular weight excluding hydrogens is 228 g/mol. The molecule has 4 heteroatoms. The molecule has 1 rings (SSSR count). The second kappa shape index (κ2) is 4.80. The molecule has 2 N–H and O–H groups in total. The van der Waals surface area contributed by atoms with Crippen molar-refractivity contribution in [2.75, 3.05) is 14.1 Å². The van der Waals surface area contributed by atoms with Crippen LogP contribution >= 0.6 is 0 Å². The molecule has 0 unspecified atom stereocenters. The lowest BCUT2D eigenvalue weighted by atomic mass is 9.88. The molecule has 0 bridgehead atoms. The van der Waals surface area contributed by atoms with Gasteiger partial charge in [0.1, 0.15) is 0 Å². The lowest BCUT2D eigenvalue weighted by Crippen LogP contribution is -2.28. The molecular formula is C14H20N2O2. The van der Waals surface area contributed by atoms with Crippen LogP contribution in [0.1, 0.15) is 43.0 Å². The van der Waals surface area contributed by atoms with E-state index in [1.165, 1.54) is 4.90 Å². The number of amides is 2. The first-order valence-corrected chi connectivity index (χ1v) is 5.81. The molecule has 0 aromatic heterocycles. The zero-order valence-electron chi connectivity index (χ0n) is 11.8. The van der Waals surface area contributed by atoms with E-state index in [1.807, 2.05) is 27.7 Å². The topological polar surface area (TPSA) is 63.4 Å². The van der Waals surface area contributed by atoms with E-state index in [-0.39, 0.29) is 5.91 Å². The van der Waals surface area contributed by atoms with Crippen LogP contribution in [-0.2, 0) is 0 Å². The quantitative estimate of drug-likeness (QED) is 0.866. The minimum atomic E-state index is -0.552.